The molecule has 0 aliphatic heterocycles. The highest BCUT2D eigenvalue weighted by molar-refractivity contribution is 5.95. The zero-order chi connectivity index (χ0) is 15.3. The standard InChI is InChI=1S/C15H23FN2O2/c1-10-12(16)7-11(8-13(10)17)14(19)18-9-15(2,3)5-6-20-4/h7-8H,5-6,9,17H2,1-4H3,(H,18,19). The van der Waals surface area contributed by atoms with E-state index in [2.05, 4.69) is 5.32 Å². The molecule has 1 aromatic carbocycles. The highest BCUT2D eigenvalue weighted by Gasteiger charge is 2.19. The first-order chi connectivity index (χ1) is 9.26. The molecule has 0 bridgehead atoms. The fourth-order valence-electron chi connectivity index (χ4n) is 1.72. The maximum Gasteiger partial charge on any atom is 0.251 e. The maximum atomic E-state index is 13.6. The Morgan fingerprint density at radius 2 is 2.10 bits per heavy atom. The molecule has 20 heavy (non-hydrogen) atoms. The van der Waals surface area contributed by atoms with Gasteiger partial charge in [0.25, 0.3) is 5.91 Å². The Morgan fingerprint density at radius 1 is 1.45 bits per heavy atom. The topological polar surface area (TPSA) is 64.3 Å². The van der Waals surface area contributed by atoms with Crippen molar-refractivity contribution in [3.05, 3.63) is 29.1 Å². The van der Waals surface area contributed by atoms with Gasteiger partial charge in [0.1, 0.15) is 5.82 Å². The molecule has 0 saturated heterocycles. The van der Waals surface area contributed by atoms with Crippen LogP contribution in [0.2, 0.25) is 0 Å². The van der Waals surface area contributed by atoms with Gasteiger partial charge < -0.3 is 15.8 Å². The van der Waals surface area contributed by atoms with Gasteiger partial charge in [-0.25, -0.2) is 4.39 Å². The Balaban J connectivity index is 2.68. The summed E-state index contributed by atoms with van der Waals surface area (Å²) in [6.45, 7) is 6.78. The van der Waals surface area contributed by atoms with E-state index in [-0.39, 0.29) is 22.6 Å². The van der Waals surface area contributed by atoms with Crippen LogP contribution in [0.5, 0.6) is 0 Å². The molecule has 0 radical (unpaired) electrons. The molecule has 1 amide bonds. The van der Waals surface area contributed by atoms with Crippen LogP contribution in [-0.2, 0) is 4.74 Å². The molecule has 0 aliphatic carbocycles. The van der Waals surface area contributed by atoms with Gasteiger partial charge in [0.05, 0.1) is 0 Å². The van der Waals surface area contributed by atoms with Crippen molar-refractivity contribution < 1.29 is 13.9 Å². The van der Waals surface area contributed by atoms with E-state index in [4.69, 9.17) is 10.5 Å². The number of anilines is 1. The molecule has 0 aromatic heterocycles. The summed E-state index contributed by atoms with van der Waals surface area (Å²) in [6.07, 6.45) is 0.828. The van der Waals surface area contributed by atoms with Gasteiger partial charge in [-0.05, 0) is 30.9 Å². The largest absolute Gasteiger partial charge is 0.398 e. The lowest BCUT2D eigenvalue weighted by Crippen LogP contribution is -2.34. The van der Waals surface area contributed by atoms with Crippen LogP contribution in [0.25, 0.3) is 0 Å². The number of halogens is 1. The van der Waals surface area contributed by atoms with E-state index >= 15 is 0 Å². The minimum absolute atomic E-state index is 0.0829. The van der Waals surface area contributed by atoms with Crippen molar-refractivity contribution in [2.45, 2.75) is 27.2 Å². The van der Waals surface area contributed by atoms with E-state index in [1.54, 1.807) is 14.0 Å². The van der Waals surface area contributed by atoms with E-state index in [1.807, 2.05) is 13.8 Å². The van der Waals surface area contributed by atoms with Crippen LogP contribution in [0.4, 0.5) is 10.1 Å². The Morgan fingerprint density at radius 3 is 2.65 bits per heavy atom. The molecule has 112 valence electrons. The molecule has 0 saturated carbocycles. The van der Waals surface area contributed by atoms with E-state index < -0.39 is 5.82 Å². The number of nitrogen functional groups attached to an aromatic ring is 1. The number of ether oxygens (including phenoxy) is 1. The first kappa shape index (κ1) is 16.4. The SMILES string of the molecule is COCCC(C)(C)CNC(=O)c1cc(N)c(C)c(F)c1. The van der Waals surface area contributed by atoms with Crippen LogP contribution in [0, 0.1) is 18.2 Å². The fraction of sp³-hybridized carbons (Fsp3) is 0.533. The number of hydrogen-bond donors (Lipinski definition) is 2. The van der Waals surface area contributed by atoms with Crippen molar-refractivity contribution in [2.24, 2.45) is 5.41 Å². The summed E-state index contributed by atoms with van der Waals surface area (Å²) in [6, 6.07) is 2.71. The lowest BCUT2D eigenvalue weighted by Gasteiger charge is -2.24. The number of carbonyl (C=O) groups is 1. The number of benzene rings is 1. The molecule has 0 unspecified atom stereocenters. The Kier molecular flexibility index (Phi) is 5.51. The molecule has 0 atom stereocenters. The van der Waals surface area contributed by atoms with Crippen molar-refractivity contribution in [3.63, 3.8) is 0 Å². The van der Waals surface area contributed by atoms with Crippen LogP contribution >= 0.6 is 0 Å². The maximum absolute atomic E-state index is 13.6. The van der Waals surface area contributed by atoms with Gasteiger partial charge >= 0.3 is 0 Å². The van der Waals surface area contributed by atoms with Gasteiger partial charge in [0.2, 0.25) is 0 Å². The summed E-state index contributed by atoms with van der Waals surface area (Å²) < 4.78 is 18.6. The minimum atomic E-state index is -0.464. The summed E-state index contributed by atoms with van der Waals surface area (Å²) in [5.41, 5.74) is 6.48. The van der Waals surface area contributed by atoms with Crippen molar-refractivity contribution in [2.75, 3.05) is 26.0 Å². The van der Waals surface area contributed by atoms with Crippen LogP contribution in [0.3, 0.4) is 0 Å². The molecule has 3 N–H and O–H groups in total. The monoisotopic (exact) mass is 282 g/mol. The van der Waals surface area contributed by atoms with E-state index in [1.165, 1.54) is 12.1 Å². The average Bonchev–Trinajstić information content (AvgIpc) is 2.39. The van der Waals surface area contributed by atoms with E-state index in [9.17, 15) is 9.18 Å². The Labute approximate surface area is 119 Å². The lowest BCUT2D eigenvalue weighted by molar-refractivity contribution is 0.0920. The van der Waals surface area contributed by atoms with Gasteiger partial charge in [-0.2, -0.15) is 0 Å². The van der Waals surface area contributed by atoms with Gasteiger partial charge in [0, 0.05) is 37.1 Å². The molecular weight excluding hydrogens is 259 g/mol. The van der Waals surface area contributed by atoms with Crippen molar-refractivity contribution in [1.29, 1.82) is 0 Å². The molecule has 1 aromatic rings. The zero-order valence-electron chi connectivity index (χ0n) is 12.5. The predicted molar refractivity (Wildman–Crippen MR) is 78.2 cm³/mol. The third-order valence-electron chi connectivity index (χ3n) is 3.36. The molecule has 4 nitrogen and oxygen atoms in total. The van der Waals surface area contributed by atoms with Crippen LogP contribution in [-0.4, -0.2) is 26.2 Å². The molecule has 0 spiro atoms. The zero-order valence-corrected chi connectivity index (χ0v) is 12.5. The summed E-state index contributed by atoms with van der Waals surface area (Å²) in [5.74, 6) is -0.783. The lowest BCUT2D eigenvalue weighted by atomic mass is 9.89. The smallest absolute Gasteiger partial charge is 0.251 e. The second kappa shape index (κ2) is 6.70. The van der Waals surface area contributed by atoms with Gasteiger partial charge in [0.15, 0.2) is 0 Å². The molecule has 1 rings (SSSR count). The van der Waals surface area contributed by atoms with E-state index in [0.29, 0.717) is 18.7 Å². The number of nitrogens with two attached hydrogens (primary N) is 1. The first-order valence-electron chi connectivity index (χ1n) is 6.59. The quantitative estimate of drug-likeness (QED) is 0.788. The summed E-state index contributed by atoms with van der Waals surface area (Å²) in [4.78, 5) is 12.0. The van der Waals surface area contributed by atoms with Gasteiger partial charge in [-0.15, -0.1) is 0 Å². The average molecular weight is 282 g/mol. The number of carbonyl (C=O) groups excluding carboxylic acids is 1. The van der Waals surface area contributed by atoms with Gasteiger partial charge in [-0.1, -0.05) is 13.8 Å². The third-order valence-corrected chi connectivity index (χ3v) is 3.36. The summed E-state index contributed by atoms with van der Waals surface area (Å²) >= 11 is 0. The number of methoxy groups -OCH3 is 1. The molecule has 0 fully saturated rings. The van der Waals surface area contributed by atoms with E-state index in [0.717, 1.165) is 6.42 Å². The summed E-state index contributed by atoms with van der Waals surface area (Å²) in [7, 11) is 1.65. The van der Waals surface area contributed by atoms with Crippen LogP contribution < -0.4 is 11.1 Å². The highest BCUT2D eigenvalue weighted by atomic mass is 19.1. The Bertz CT molecular complexity index is 464. The number of amides is 1. The van der Waals surface area contributed by atoms with Crippen molar-refractivity contribution in [3.8, 4) is 0 Å². The second-order valence-electron chi connectivity index (χ2n) is 5.76. The Hall–Kier alpha value is -1.62. The van der Waals surface area contributed by atoms with Crippen molar-refractivity contribution in [1.82, 2.24) is 5.32 Å². The number of nitrogens with one attached hydrogen (secondary N) is 1. The third kappa shape index (κ3) is 4.49. The van der Waals surface area contributed by atoms with Crippen molar-refractivity contribution >= 4 is 11.6 Å². The number of rotatable bonds is 6. The normalized spacial score (nSPS) is 11.4. The minimum Gasteiger partial charge on any atom is -0.398 e. The predicted octanol–water partition coefficient (Wildman–Crippen LogP) is 2.51. The molecule has 0 aliphatic rings. The second-order valence-corrected chi connectivity index (χ2v) is 5.76. The first-order valence-corrected chi connectivity index (χ1v) is 6.59. The fourth-order valence-corrected chi connectivity index (χ4v) is 1.72. The molecular formula is C15H23FN2O2. The summed E-state index contributed by atoms with van der Waals surface area (Å²) in [5, 5.41) is 2.81. The highest BCUT2D eigenvalue weighted by Crippen LogP contribution is 2.20. The van der Waals surface area contributed by atoms with Gasteiger partial charge in [-0.3, -0.25) is 4.79 Å². The number of hydrogen-bond acceptors (Lipinski definition) is 3. The molecule has 0 heterocycles. The van der Waals surface area contributed by atoms with Crippen LogP contribution in [0.1, 0.15) is 36.2 Å². The molecule has 5 heteroatoms. The van der Waals surface area contributed by atoms with Crippen LogP contribution in [0.15, 0.2) is 12.1 Å².